The Kier molecular flexibility index (Phi) is 3.35. The van der Waals surface area contributed by atoms with E-state index in [4.69, 9.17) is 14.1 Å². The van der Waals surface area contributed by atoms with Crippen LogP contribution in [0.2, 0.25) is 0 Å². The number of hydrogen-bond acceptors (Lipinski definition) is 5. The van der Waals surface area contributed by atoms with Crippen LogP contribution in [0.4, 0.5) is 0 Å². The van der Waals surface area contributed by atoms with E-state index < -0.39 is 5.54 Å². The molecule has 0 radical (unpaired) electrons. The second-order valence-corrected chi connectivity index (χ2v) is 6.34. The molecule has 0 aliphatic carbocycles. The van der Waals surface area contributed by atoms with Gasteiger partial charge in [-0.1, -0.05) is 48.5 Å². The van der Waals surface area contributed by atoms with Crippen molar-refractivity contribution in [2.75, 3.05) is 6.61 Å². The van der Waals surface area contributed by atoms with Crippen molar-refractivity contribution in [3.05, 3.63) is 84.6 Å². The average Bonchev–Trinajstić information content (AvgIpc) is 3.42. The minimum atomic E-state index is -0.566. The highest BCUT2D eigenvalue weighted by atomic mass is 16.5. The molecular formula is C20H16N4O2. The first-order chi connectivity index (χ1) is 12.8. The number of furan rings is 1. The first-order valence-corrected chi connectivity index (χ1v) is 8.42. The van der Waals surface area contributed by atoms with Crippen LogP contribution in [-0.4, -0.2) is 27.3 Å². The molecule has 1 aliphatic heterocycles. The number of ether oxygens (including phenoxy) is 1. The lowest BCUT2D eigenvalue weighted by Crippen LogP contribution is -2.31. The molecule has 26 heavy (non-hydrogen) atoms. The quantitative estimate of drug-likeness (QED) is 0.569. The Bertz CT molecular complexity index is 1040. The molecule has 4 aromatic rings. The summed E-state index contributed by atoms with van der Waals surface area (Å²) < 4.78 is 13.7. The molecular weight excluding hydrogens is 328 g/mol. The lowest BCUT2D eigenvalue weighted by atomic mass is 9.92. The van der Waals surface area contributed by atoms with Gasteiger partial charge in [-0.25, -0.2) is 9.98 Å². The van der Waals surface area contributed by atoms with Crippen molar-refractivity contribution in [2.24, 2.45) is 4.99 Å². The van der Waals surface area contributed by atoms with Crippen molar-refractivity contribution in [1.82, 2.24) is 14.8 Å². The van der Waals surface area contributed by atoms with Crippen LogP contribution < -0.4 is 0 Å². The lowest BCUT2D eigenvalue weighted by Gasteiger charge is -2.24. The Morgan fingerprint density at radius 3 is 2.69 bits per heavy atom. The fraction of sp³-hybridized carbons (Fsp3) is 0.150. The summed E-state index contributed by atoms with van der Waals surface area (Å²) in [6, 6.07) is 20.0. The highest BCUT2D eigenvalue weighted by Gasteiger charge is 2.40. The van der Waals surface area contributed by atoms with Crippen LogP contribution in [0, 0.1) is 0 Å². The zero-order valence-corrected chi connectivity index (χ0v) is 13.9. The molecule has 0 saturated carbocycles. The first-order valence-electron chi connectivity index (χ1n) is 8.42. The molecule has 1 unspecified atom stereocenters. The zero-order chi connectivity index (χ0) is 17.4. The maximum absolute atomic E-state index is 5.98. The van der Waals surface area contributed by atoms with E-state index in [0.29, 0.717) is 24.8 Å². The van der Waals surface area contributed by atoms with Gasteiger partial charge >= 0.3 is 0 Å². The molecule has 2 aromatic carbocycles. The normalized spacial score (nSPS) is 19.5. The summed E-state index contributed by atoms with van der Waals surface area (Å²) in [6.07, 6.45) is 3.22. The van der Waals surface area contributed by atoms with Gasteiger partial charge in [0.2, 0.25) is 0 Å². The highest BCUT2D eigenvalue weighted by Crippen LogP contribution is 2.35. The van der Waals surface area contributed by atoms with Crippen LogP contribution in [0.25, 0.3) is 11.0 Å². The van der Waals surface area contributed by atoms with E-state index in [9.17, 15) is 0 Å². The number of nitrogens with zero attached hydrogens (tertiary/aromatic N) is 4. The van der Waals surface area contributed by atoms with E-state index in [1.54, 1.807) is 11.0 Å². The minimum Gasteiger partial charge on any atom is -0.472 e. The Balaban J connectivity index is 1.59. The topological polar surface area (TPSA) is 65.4 Å². The number of benzene rings is 2. The van der Waals surface area contributed by atoms with Gasteiger partial charge in [0.1, 0.15) is 30.4 Å². The van der Waals surface area contributed by atoms with Gasteiger partial charge in [0.05, 0.1) is 6.54 Å². The molecule has 0 amide bonds. The molecule has 3 heterocycles. The van der Waals surface area contributed by atoms with E-state index in [1.165, 1.54) is 6.33 Å². The molecule has 0 bridgehead atoms. The Hall–Kier alpha value is -3.41. The zero-order valence-electron chi connectivity index (χ0n) is 13.9. The summed E-state index contributed by atoms with van der Waals surface area (Å²) in [5.74, 6) is 1.16. The molecule has 2 aromatic heterocycles. The molecule has 0 N–H and O–H groups in total. The maximum atomic E-state index is 5.98. The van der Waals surface area contributed by atoms with Crippen molar-refractivity contribution in [3.8, 4) is 0 Å². The third-order valence-electron chi connectivity index (χ3n) is 4.60. The van der Waals surface area contributed by atoms with Gasteiger partial charge in [-0.15, -0.1) is 0 Å². The van der Waals surface area contributed by atoms with Crippen LogP contribution in [0.3, 0.4) is 0 Å². The van der Waals surface area contributed by atoms with Gasteiger partial charge in [0.25, 0.3) is 5.90 Å². The second-order valence-electron chi connectivity index (χ2n) is 6.34. The number of para-hydroxylation sites is 1. The predicted octanol–water partition coefficient (Wildman–Crippen LogP) is 3.40. The standard InChI is InChI=1S/C20H16N4O2/c1-2-7-16(8-3-1)20(11-24-14-21-13-22-24)12-25-19(23-20)18-10-15-6-4-5-9-17(15)26-18/h1-10,13-14H,11-12H2. The molecule has 6 nitrogen and oxygen atoms in total. The van der Waals surface area contributed by atoms with Crippen LogP contribution in [0.5, 0.6) is 0 Å². The summed E-state index contributed by atoms with van der Waals surface area (Å²) in [4.78, 5) is 8.98. The van der Waals surface area contributed by atoms with Gasteiger partial charge in [-0.05, 0) is 17.7 Å². The number of aliphatic imine (C=N–C) groups is 1. The average molecular weight is 344 g/mol. The monoisotopic (exact) mass is 344 g/mol. The van der Waals surface area contributed by atoms with Gasteiger partial charge in [0, 0.05) is 5.39 Å². The molecule has 1 atom stereocenters. The largest absolute Gasteiger partial charge is 0.472 e. The van der Waals surface area contributed by atoms with Crippen molar-refractivity contribution < 1.29 is 9.15 Å². The van der Waals surface area contributed by atoms with Crippen molar-refractivity contribution in [2.45, 2.75) is 12.1 Å². The molecule has 5 rings (SSSR count). The fourth-order valence-corrected chi connectivity index (χ4v) is 3.31. The van der Waals surface area contributed by atoms with E-state index in [1.807, 2.05) is 48.5 Å². The van der Waals surface area contributed by atoms with Gasteiger partial charge in [0.15, 0.2) is 5.76 Å². The highest BCUT2D eigenvalue weighted by molar-refractivity contribution is 5.97. The summed E-state index contributed by atoms with van der Waals surface area (Å²) in [7, 11) is 0. The lowest BCUT2D eigenvalue weighted by molar-refractivity contribution is 0.228. The predicted molar refractivity (Wildman–Crippen MR) is 96.8 cm³/mol. The Morgan fingerprint density at radius 1 is 1.04 bits per heavy atom. The summed E-state index contributed by atoms with van der Waals surface area (Å²) in [5.41, 5.74) is 1.33. The third-order valence-corrected chi connectivity index (χ3v) is 4.60. The van der Waals surface area contributed by atoms with E-state index >= 15 is 0 Å². The van der Waals surface area contributed by atoms with E-state index in [0.717, 1.165) is 16.5 Å². The summed E-state index contributed by atoms with van der Waals surface area (Å²) >= 11 is 0. The third kappa shape index (κ3) is 2.47. The summed E-state index contributed by atoms with van der Waals surface area (Å²) in [5, 5.41) is 5.27. The molecule has 0 saturated heterocycles. The maximum Gasteiger partial charge on any atom is 0.254 e. The number of rotatable bonds is 4. The summed E-state index contributed by atoms with van der Waals surface area (Å²) in [6.45, 7) is 0.962. The molecule has 0 fully saturated rings. The van der Waals surface area contributed by atoms with E-state index in [2.05, 4.69) is 22.2 Å². The smallest absolute Gasteiger partial charge is 0.254 e. The SMILES string of the molecule is c1ccc(C2(Cn3cncn3)COC(c3cc4ccccc4o3)=N2)cc1. The van der Waals surface area contributed by atoms with Crippen LogP contribution in [0.15, 0.2) is 82.7 Å². The van der Waals surface area contributed by atoms with Gasteiger partial charge < -0.3 is 9.15 Å². The van der Waals surface area contributed by atoms with Gasteiger partial charge in [-0.3, -0.25) is 4.68 Å². The van der Waals surface area contributed by atoms with Crippen LogP contribution >= 0.6 is 0 Å². The van der Waals surface area contributed by atoms with Crippen LogP contribution in [0.1, 0.15) is 11.3 Å². The van der Waals surface area contributed by atoms with Crippen molar-refractivity contribution in [3.63, 3.8) is 0 Å². The van der Waals surface area contributed by atoms with Crippen molar-refractivity contribution >= 4 is 16.9 Å². The molecule has 0 spiro atoms. The fourth-order valence-electron chi connectivity index (χ4n) is 3.31. The number of fused-ring (bicyclic) bond motifs is 1. The number of aromatic nitrogens is 3. The minimum absolute atomic E-state index is 0.420. The molecule has 1 aliphatic rings. The van der Waals surface area contributed by atoms with Gasteiger partial charge in [-0.2, -0.15) is 5.10 Å². The first kappa shape index (κ1) is 14.9. The molecule has 6 heteroatoms. The van der Waals surface area contributed by atoms with E-state index in [-0.39, 0.29) is 0 Å². The number of hydrogen-bond donors (Lipinski definition) is 0. The Labute approximate surface area is 149 Å². The van der Waals surface area contributed by atoms with Crippen LogP contribution in [-0.2, 0) is 16.8 Å². The molecule has 128 valence electrons. The Morgan fingerprint density at radius 2 is 1.88 bits per heavy atom. The second kappa shape index (κ2) is 5.84. The van der Waals surface area contributed by atoms with Crippen molar-refractivity contribution in [1.29, 1.82) is 0 Å².